The first kappa shape index (κ1) is 14.4. The van der Waals surface area contributed by atoms with Crippen molar-refractivity contribution in [1.82, 2.24) is 5.16 Å². The lowest BCUT2D eigenvalue weighted by atomic mass is 10.3. The van der Waals surface area contributed by atoms with Gasteiger partial charge in [0.1, 0.15) is 4.90 Å². The first-order valence-corrected chi connectivity index (χ1v) is 7.36. The second-order valence-electron chi connectivity index (χ2n) is 4.19. The molecular weight excluding hydrogens is 334 g/mol. The van der Waals surface area contributed by atoms with Crippen molar-refractivity contribution < 1.29 is 18.7 Å². The molecule has 0 aliphatic carbocycles. The standard InChI is InChI=1S/C12H6ClN3O5S/c13-7-1-3-8(4-2-7)22(20)10-6-5-9(15(17)18)11-12(10)16(19)21-14-11/h1-6H. The summed E-state index contributed by atoms with van der Waals surface area (Å²) in [4.78, 5) is 10.7. The van der Waals surface area contributed by atoms with E-state index in [2.05, 4.69) is 9.79 Å². The molecule has 10 heteroatoms. The van der Waals surface area contributed by atoms with Crippen LogP contribution in [0.1, 0.15) is 0 Å². The average molecular weight is 340 g/mol. The lowest BCUT2D eigenvalue weighted by Crippen LogP contribution is -2.24. The van der Waals surface area contributed by atoms with Gasteiger partial charge in [-0.1, -0.05) is 11.6 Å². The highest BCUT2D eigenvalue weighted by Gasteiger charge is 2.28. The van der Waals surface area contributed by atoms with Gasteiger partial charge in [0.2, 0.25) is 5.52 Å². The second kappa shape index (κ2) is 5.35. The first-order chi connectivity index (χ1) is 10.5. The van der Waals surface area contributed by atoms with E-state index >= 15 is 0 Å². The number of hydrogen-bond acceptors (Lipinski definition) is 6. The molecule has 3 aromatic rings. The summed E-state index contributed by atoms with van der Waals surface area (Å²) in [5.41, 5.74) is -0.882. The third kappa shape index (κ3) is 2.30. The van der Waals surface area contributed by atoms with Gasteiger partial charge in [-0.25, -0.2) is 4.21 Å². The van der Waals surface area contributed by atoms with Gasteiger partial charge in [0.15, 0.2) is 0 Å². The number of nitrogens with zero attached hydrogens (tertiary/aromatic N) is 3. The number of nitro benzene ring substituents is 1. The van der Waals surface area contributed by atoms with Crippen LogP contribution in [0.15, 0.2) is 50.8 Å². The average Bonchev–Trinajstić information content (AvgIpc) is 2.89. The van der Waals surface area contributed by atoms with Crippen molar-refractivity contribution in [3.63, 3.8) is 0 Å². The summed E-state index contributed by atoms with van der Waals surface area (Å²) in [6.45, 7) is 0. The van der Waals surface area contributed by atoms with Crippen molar-refractivity contribution in [1.29, 1.82) is 0 Å². The van der Waals surface area contributed by atoms with E-state index in [9.17, 15) is 19.5 Å². The summed E-state index contributed by atoms with van der Waals surface area (Å²) in [7, 11) is -1.74. The molecule has 1 aromatic heterocycles. The molecule has 3 rings (SSSR count). The van der Waals surface area contributed by atoms with Crippen LogP contribution in [0.2, 0.25) is 5.02 Å². The molecule has 2 aromatic carbocycles. The van der Waals surface area contributed by atoms with Crippen molar-refractivity contribution in [2.24, 2.45) is 0 Å². The molecule has 1 heterocycles. The Morgan fingerprint density at radius 3 is 2.55 bits per heavy atom. The Morgan fingerprint density at radius 2 is 1.91 bits per heavy atom. The Kier molecular flexibility index (Phi) is 3.51. The van der Waals surface area contributed by atoms with Gasteiger partial charge in [-0.05, 0) is 35.2 Å². The zero-order valence-electron chi connectivity index (χ0n) is 10.6. The van der Waals surface area contributed by atoms with E-state index in [1.54, 1.807) is 12.1 Å². The Labute approximate surface area is 130 Å². The van der Waals surface area contributed by atoms with E-state index < -0.39 is 21.4 Å². The number of non-ortho nitro benzene ring substituents is 1. The molecular formula is C12H6ClN3O5S. The maximum Gasteiger partial charge on any atom is 0.327 e. The maximum atomic E-state index is 12.6. The van der Waals surface area contributed by atoms with Gasteiger partial charge in [0.05, 0.1) is 20.9 Å². The molecule has 0 aliphatic rings. The van der Waals surface area contributed by atoms with Gasteiger partial charge in [-0.2, -0.15) is 0 Å². The fourth-order valence-corrected chi connectivity index (χ4v) is 3.22. The fourth-order valence-electron chi connectivity index (χ4n) is 1.92. The zero-order chi connectivity index (χ0) is 15.9. The minimum absolute atomic E-state index is 0.00544. The molecule has 0 saturated carbocycles. The van der Waals surface area contributed by atoms with E-state index in [1.807, 2.05) is 0 Å². The third-order valence-corrected chi connectivity index (χ3v) is 4.59. The summed E-state index contributed by atoms with van der Waals surface area (Å²) in [6.07, 6.45) is 0. The van der Waals surface area contributed by atoms with Crippen molar-refractivity contribution in [3.8, 4) is 0 Å². The molecule has 0 bridgehead atoms. The summed E-state index contributed by atoms with van der Waals surface area (Å²) in [5.74, 6) is 0. The van der Waals surface area contributed by atoms with Crippen molar-refractivity contribution in [3.05, 3.63) is 56.7 Å². The monoisotopic (exact) mass is 339 g/mol. The van der Waals surface area contributed by atoms with E-state index in [0.29, 0.717) is 9.92 Å². The third-order valence-electron chi connectivity index (χ3n) is 2.91. The smallest absolute Gasteiger partial charge is 0.327 e. The molecule has 8 nitrogen and oxygen atoms in total. The normalized spacial score (nSPS) is 12.4. The van der Waals surface area contributed by atoms with Gasteiger partial charge in [0.25, 0.3) is 0 Å². The SMILES string of the molecule is O=[N+]([O-])c1ccc(S(=O)c2ccc(Cl)cc2)c2c1no[n+]2[O-]. The topological polar surface area (TPSA) is 113 Å². The van der Waals surface area contributed by atoms with Crippen LogP contribution in [0.5, 0.6) is 0 Å². The van der Waals surface area contributed by atoms with Gasteiger partial charge < -0.3 is 5.21 Å². The van der Waals surface area contributed by atoms with Crippen LogP contribution >= 0.6 is 11.6 Å². The highest BCUT2D eigenvalue weighted by Crippen LogP contribution is 2.29. The molecule has 0 saturated heterocycles. The number of halogens is 1. The summed E-state index contributed by atoms with van der Waals surface area (Å²) in [5, 5.41) is 26.4. The van der Waals surface area contributed by atoms with E-state index in [4.69, 9.17) is 11.6 Å². The molecule has 0 spiro atoms. The number of nitro groups is 1. The van der Waals surface area contributed by atoms with Crippen LogP contribution in [-0.2, 0) is 10.8 Å². The first-order valence-electron chi connectivity index (χ1n) is 5.83. The van der Waals surface area contributed by atoms with Crippen LogP contribution in [0, 0.1) is 15.3 Å². The molecule has 22 heavy (non-hydrogen) atoms. The van der Waals surface area contributed by atoms with E-state index in [1.165, 1.54) is 18.2 Å². The number of rotatable bonds is 3. The summed E-state index contributed by atoms with van der Waals surface area (Å²) < 4.78 is 17.0. The quantitative estimate of drug-likeness (QED) is 0.410. The predicted octanol–water partition coefficient (Wildman–Crippen LogP) is 2.19. The largest absolute Gasteiger partial charge is 0.359 e. The highest BCUT2D eigenvalue weighted by atomic mass is 35.5. The number of hydrogen-bond donors (Lipinski definition) is 0. The molecule has 0 aliphatic heterocycles. The number of fused-ring (bicyclic) bond motifs is 1. The van der Waals surface area contributed by atoms with Crippen molar-refractivity contribution in [2.75, 3.05) is 0 Å². The minimum Gasteiger partial charge on any atom is -0.359 e. The van der Waals surface area contributed by atoms with Gasteiger partial charge in [-0.15, -0.1) is 0 Å². The zero-order valence-corrected chi connectivity index (χ0v) is 12.2. The molecule has 0 radical (unpaired) electrons. The van der Waals surface area contributed by atoms with Crippen molar-refractivity contribution in [2.45, 2.75) is 9.79 Å². The molecule has 1 atom stereocenters. The summed E-state index contributed by atoms with van der Waals surface area (Å²) in [6, 6.07) is 8.56. The van der Waals surface area contributed by atoms with Crippen LogP contribution in [0.3, 0.4) is 0 Å². The van der Waals surface area contributed by atoms with Crippen LogP contribution < -0.4 is 4.90 Å². The minimum atomic E-state index is -1.74. The Bertz CT molecular complexity index is 909. The van der Waals surface area contributed by atoms with Gasteiger partial charge in [-0.3, -0.25) is 14.7 Å². The van der Waals surface area contributed by atoms with E-state index in [0.717, 1.165) is 6.07 Å². The van der Waals surface area contributed by atoms with E-state index in [-0.39, 0.29) is 20.8 Å². The fraction of sp³-hybridized carbons (Fsp3) is 0. The molecule has 0 N–H and O–H groups in total. The predicted molar refractivity (Wildman–Crippen MR) is 75.7 cm³/mol. The molecule has 1 unspecified atom stereocenters. The number of benzene rings is 2. The Balaban J connectivity index is 2.21. The second-order valence-corrected chi connectivity index (χ2v) is 6.07. The highest BCUT2D eigenvalue weighted by molar-refractivity contribution is 7.85. The summed E-state index contributed by atoms with van der Waals surface area (Å²) >= 11 is 5.77. The van der Waals surface area contributed by atoms with Crippen LogP contribution in [0.4, 0.5) is 5.69 Å². The Hall–Kier alpha value is -2.52. The van der Waals surface area contributed by atoms with Gasteiger partial charge in [0, 0.05) is 16.0 Å². The molecule has 0 fully saturated rings. The number of aromatic nitrogens is 2. The lowest BCUT2D eigenvalue weighted by Gasteiger charge is -2.02. The molecule has 0 amide bonds. The Morgan fingerprint density at radius 1 is 1.23 bits per heavy atom. The molecule has 112 valence electrons. The maximum absolute atomic E-state index is 12.6. The lowest BCUT2D eigenvalue weighted by molar-refractivity contribution is -0.783. The van der Waals surface area contributed by atoms with Gasteiger partial charge >= 0.3 is 11.2 Å². The van der Waals surface area contributed by atoms with Crippen LogP contribution in [-0.4, -0.2) is 14.3 Å². The van der Waals surface area contributed by atoms with Crippen LogP contribution in [0.25, 0.3) is 11.0 Å². The van der Waals surface area contributed by atoms with Crippen molar-refractivity contribution >= 4 is 39.1 Å².